The predicted molar refractivity (Wildman–Crippen MR) is 78.6 cm³/mol. The van der Waals surface area contributed by atoms with Crippen molar-refractivity contribution < 1.29 is 9.53 Å². The quantitative estimate of drug-likeness (QED) is 0.946. The van der Waals surface area contributed by atoms with Crippen LogP contribution in [0.5, 0.6) is 5.75 Å². The summed E-state index contributed by atoms with van der Waals surface area (Å²) in [5.41, 5.74) is 2.71. The van der Waals surface area contributed by atoms with Gasteiger partial charge in [-0.05, 0) is 32.0 Å². The number of nitrogens with one attached hydrogen (secondary N) is 1. The van der Waals surface area contributed by atoms with Crippen molar-refractivity contribution in [3.63, 3.8) is 0 Å². The van der Waals surface area contributed by atoms with Gasteiger partial charge >= 0.3 is 0 Å². The number of halogens is 1. The number of hydrogen-bond acceptors (Lipinski definition) is 3. The summed E-state index contributed by atoms with van der Waals surface area (Å²) in [4.78, 5) is 12.3. The van der Waals surface area contributed by atoms with Crippen LogP contribution in [0.25, 0.3) is 0 Å². The van der Waals surface area contributed by atoms with Crippen LogP contribution in [0, 0.1) is 13.8 Å². The first-order valence-electron chi connectivity index (χ1n) is 6.09. The zero-order valence-electron chi connectivity index (χ0n) is 11.8. The monoisotopic (exact) mass is 293 g/mol. The summed E-state index contributed by atoms with van der Waals surface area (Å²) in [5, 5.41) is 7.49. The SMILES string of the molecule is COc1ccc(NC(=O)c2c(C)nn(C)c2C)cc1Cl. The van der Waals surface area contributed by atoms with Gasteiger partial charge in [0.25, 0.3) is 5.91 Å². The average molecular weight is 294 g/mol. The summed E-state index contributed by atoms with van der Waals surface area (Å²) >= 11 is 6.03. The fraction of sp³-hybridized carbons (Fsp3) is 0.286. The molecule has 0 aliphatic rings. The van der Waals surface area contributed by atoms with Crippen LogP contribution in [-0.2, 0) is 7.05 Å². The van der Waals surface area contributed by atoms with Crippen molar-refractivity contribution in [3.05, 3.63) is 40.2 Å². The second-order valence-electron chi connectivity index (χ2n) is 4.47. The Balaban J connectivity index is 2.26. The van der Waals surface area contributed by atoms with Crippen LogP contribution in [0.1, 0.15) is 21.7 Å². The first-order chi connectivity index (χ1) is 9.43. The maximum atomic E-state index is 12.3. The standard InChI is InChI=1S/C14H16ClN3O2/c1-8-13(9(2)18(3)17-8)14(19)16-10-5-6-12(20-4)11(15)7-10/h5-7H,1-4H3,(H,16,19). The van der Waals surface area contributed by atoms with Gasteiger partial charge < -0.3 is 10.1 Å². The number of nitrogens with zero attached hydrogens (tertiary/aromatic N) is 2. The molecule has 0 aliphatic carbocycles. The second kappa shape index (κ2) is 5.54. The summed E-state index contributed by atoms with van der Waals surface area (Å²) in [6, 6.07) is 5.10. The van der Waals surface area contributed by atoms with Crippen LogP contribution in [0.2, 0.25) is 5.02 Å². The molecule has 0 saturated carbocycles. The van der Waals surface area contributed by atoms with Crippen LogP contribution in [0.4, 0.5) is 5.69 Å². The van der Waals surface area contributed by atoms with Gasteiger partial charge in [0.15, 0.2) is 0 Å². The zero-order valence-corrected chi connectivity index (χ0v) is 12.6. The number of rotatable bonds is 3. The number of aryl methyl sites for hydroxylation is 2. The summed E-state index contributed by atoms with van der Waals surface area (Å²) < 4.78 is 6.76. The van der Waals surface area contributed by atoms with Crippen molar-refractivity contribution in [1.82, 2.24) is 9.78 Å². The molecule has 0 saturated heterocycles. The van der Waals surface area contributed by atoms with E-state index in [0.29, 0.717) is 27.7 Å². The molecule has 106 valence electrons. The van der Waals surface area contributed by atoms with Gasteiger partial charge in [-0.15, -0.1) is 0 Å². The highest BCUT2D eigenvalue weighted by Crippen LogP contribution is 2.27. The maximum Gasteiger partial charge on any atom is 0.259 e. The van der Waals surface area contributed by atoms with Gasteiger partial charge in [-0.2, -0.15) is 5.10 Å². The summed E-state index contributed by atoms with van der Waals surface area (Å²) in [7, 11) is 3.35. The molecule has 0 bridgehead atoms. The lowest BCUT2D eigenvalue weighted by molar-refractivity contribution is 0.102. The number of carbonyl (C=O) groups excluding carboxylic acids is 1. The lowest BCUT2D eigenvalue weighted by Gasteiger charge is -2.08. The molecular weight excluding hydrogens is 278 g/mol. The lowest BCUT2D eigenvalue weighted by atomic mass is 10.2. The molecule has 1 aromatic heterocycles. The second-order valence-corrected chi connectivity index (χ2v) is 4.88. The highest BCUT2D eigenvalue weighted by Gasteiger charge is 2.17. The van der Waals surface area contributed by atoms with Gasteiger partial charge in [0, 0.05) is 18.4 Å². The molecule has 0 fully saturated rings. The van der Waals surface area contributed by atoms with Gasteiger partial charge in [-0.25, -0.2) is 0 Å². The molecule has 6 heteroatoms. The van der Waals surface area contributed by atoms with Gasteiger partial charge in [0.2, 0.25) is 0 Å². The highest BCUT2D eigenvalue weighted by atomic mass is 35.5. The Labute approximate surface area is 122 Å². The Morgan fingerprint density at radius 1 is 1.40 bits per heavy atom. The number of aromatic nitrogens is 2. The van der Waals surface area contributed by atoms with Gasteiger partial charge in [0.1, 0.15) is 5.75 Å². The number of anilines is 1. The fourth-order valence-electron chi connectivity index (χ4n) is 2.04. The third kappa shape index (κ3) is 2.63. The van der Waals surface area contributed by atoms with E-state index in [1.54, 1.807) is 30.0 Å². The number of hydrogen-bond donors (Lipinski definition) is 1. The van der Waals surface area contributed by atoms with Crippen LogP contribution >= 0.6 is 11.6 Å². The molecule has 5 nitrogen and oxygen atoms in total. The normalized spacial score (nSPS) is 10.4. The minimum atomic E-state index is -0.200. The summed E-state index contributed by atoms with van der Waals surface area (Å²) in [5.74, 6) is 0.368. The number of ether oxygens (including phenoxy) is 1. The molecule has 0 spiro atoms. The van der Waals surface area contributed by atoms with E-state index in [0.717, 1.165) is 5.69 Å². The largest absolute Gasteiger partial charge is 0.495 e. The van der Waals surface area contributed by atoms with Gasteiger partial charge in [-0.3, -0.25) is 9.48 Å². The first kappa shape index (κ1) is 14.4. The van der Waals surface area contributed by atoms with E-state index >= 15 is 0 Å². The fourth-order valence-corrected chi connectivity index (χ4v) is 2.30. The maximum absolute atomic E-state index is 12.3. The molecule has 0 unspecified atom stereocenters. The van der Waals surface area contributed by atoms with Gasteiger partial charge in [-0.1, -0.05) is 11.6 Å². The molecule has 1 aromatic carbocycles. The molecule has 0 atom stereocenters. The van der Waals surface area contributed by atoms with Crippen molar-refractivity contribution in [2.45, 2.75) is 13.8 Å². The van der Waals surface area contributed by atoms with Crippen LogP contribution in [0.3, 0.4) is 0 Å². The molecule has 2 rings (SSSR count). The summed E-state index contributed by atoms with van der Waals surface area (Å²) in [6.45, 7) is 3.67. The van der Waals surface area contributed by atoms with Crippen LogP contribution in [0.15, 0.2) is 18.2 Å². The van der Waals surface area contributed by atoms with E-state index < -0.39 is 0 Å². The van der Waals surface area contributed by atoms with E-state index in [2.05, 4.69) is 10.4 Å². The number of carbonyl (C=O) groups is 1. The van der Waals surface area contributed by atoms with Crippen molar-refractivity contribution in [3.8, 4) is 5.75 Å². The third-order valence-corrected chi connectivity index (χ3v) is 3.44. The lowest BCUT2D eigenvalue weighted by Crippen LogP contribution is -2.14. The van der Waals surface area contributed by atoms with E-state index in [-0.39, 0.29) is 5.91 Å². The first-order valence-corrected chi connectivity index (χ1v) is 6.47. The molecule has 1 heterocycles. The Hall–Kier alpha value is -2.01. The zero-order chi connectivity index (χ0) is 14.9. The molecule has 0 aliphatic heterocycles. The Bertz CT molecular complexity index is 665. The third-order valence-electron chi connectivity index (χ3n) is 3.15. The molecule has 20 heavy (non-hydrogen) atoms. The van der Waals surface area contributed by atoms with E-state index in [1.807, 2.05) is 20.9 Å². The molecule has 0 radical (unpaired) electrons. The van der Waals surface area contributed by atoms with Crippen LogP contribution < -0.4 is 10.1 Å². The molecule has 1 N–H and O–H groups in total. The molecular formula is C14H16ClN3O2. The smallest absolute Gasteiger partial charge is 0.259 e. The Kier molecular flexibility index (Phi) is 3.99. The van der Waals surface area contributed by atoms with Crippen LogP contribution in [-0.4, -0.2) is 22.8 Å². The summed E-state index contributed by atoms with van der Waals surface area (Å²) in [6.07, 6.45) is 0. The van der Waals surface area contributed by atoms with Crippen molar-refractivity contribution in [2.75, 3.05) is 12.4 Å². The minimum absolute atomic E-state index is 0.200. The highest BCUT2D eigenvalue weighted by molar-refractivity contribution is 6.32. The Morgan fingerprint density at radius 2 is 2.10 bits per heavy atom. The van der Waals surface area contributed by atoms with E-state index in [1.165, 1.54) is 0 Å². The van der Waals surface area contributed by atoms with Gasteiger partial charge in [0.05, 0.1) is 23.4 Å². The number of amides is 1. The number of methoxy groups -OCH3 is 1. The predicted octanol–water partition coefficient (Wildman–Crippen LogP) is 2.95. The van der Waals surface area contributed by atoms with E-state index in [9.17, 15) is 4.79 Å². The minimum Gasteiger partial charge on any atom is -0.495 e. The average Bonchev–Trinajstić information content (AvgIpc) is 2.63. The van der Waals surface area contributed by atoms with Crippen molar-refractivity contribution in [1.29, 1.82) is 0 Å². The van der Waals surface area contributed by atoms with Crippen molar-refractivity contribution >= 4 is 23.2 Å². The number of benzene rings is 1. The topological polar surface area (TPSA) is 56.1 Å². The molecule has 1 amide bonds. The van der Waals surface area contributed by atoms with E-state index in [4.69, 9.17) is 16.3 Å². The molecule has 2 aromatic rings. The van der Waals surface area contributed by atoms with Crippen molar-refractivity contribution in [2.24, 2.45) is 7.05 Å². The Morgan fingerprint density at radius 3 is 2.60 bits per heavy atom.